The number of nitrogens with one attached hydrogen (secondary N) is 1. The topological polar surface area (TPSA) is 15.8 Å². The van der Waals surface area contributed by atoms with Crippen molar-refractivity contribution >= 4 is 23.1 Å². The van der Waals surface area contributed by atoms with E-state index < -0.39 is 0 Å². The first kappa shape index (κ1) is 10.8. The van der Waals surface area contributed by atoms with Crippen molar-refractivity contribution in [2.75, 3.05) is 0 Å². The Morgan fingerprint density at radius 3 is 2.44 bits per heavy atom. The first-order valence-electron chi connectivity index (χ1n) is 6.14. The summed E-state index contributed by atoms with van der Waals surface area (Å²) < 4.78 is 0. The highest BCUT2D eigenvalue weighted by atomic mass is 14.7. The van der Waals surface area contributed by atoms with E-state index in [1.54, 1.807) is 0 Å². The fraction of sp³-hybridized carbons (Fsp3) is 0.0588. The van der Waals surface area contributed by atoms with E-state index in [0.29, 0.717) is 0 Å². The SMILES string of the molecule is Cc1ccccc1C=Cc1c[nH]c2ccccc12. The van der Waals surface area contributed by atoms with Gasteiger partial charge in [0.1, 0.15) is 0 Å². The molecule has 1 heteroatoms. The van der Waals surface area contributed by atoms with Gasteiger partial charge in [0.2, 0.25) is 0 Å². The highest BCUT2D eigenvalue weighted by Gasteiger charge is 1.99. The third kappa shape index (κ3) is 1.95. The Kier molecular flexibility index (Phi) is 2.73. The molecule has 0 saturated heterocycles. The van der Waals surface area contributed by atoms with Gasteiger partial charge in [0, 0.05) is 17.1 Å². The molecule has 1 N–H and O–H groups in total. The summed E-state index contributed by atoms with van der Waals surface area (Å²) in [6.45, 7) is 2.13. The lowest BCUT2D eigenvalue weighted by Gasteiger charge is -1.98. The van der Waals surface area contributed by atoms with Gasteiger partial charge in [-0.1, -0.05) is 54.6 Å². The Bertz CT molecular complexity index is 704. The molecule has 0 fully saturated rings. The predicted octanol–water partition coefficient (Wildman–Crippen LogP) is 4.65. The molecule has 0 aliphatic heterocycles. The molecular formula is C17H15N. The summed E-state index contributed by atoms with van der Waals surface area (Å²) in [5.74, 6) is 0. The third-order valence-electron chi connectivity index (χ3n) is 3.25. The van der Waals surface area contributed by atoms with Crippen LogP contribution in [0.4, 0.5) is 0 Å². The smallest absolute Gasteiger partial charge is 0.0460 e. The van der Waals surface area contributed by atoms with Crippen molar-refractivity contribution < 1.29 is 0 Å². The number of aromatic amines is 1. The second-order valence-electron chi connectivity index (χ2n) is 4.48. The minimum absolute atomic E-state index is 1.18. The van der Waals surface area contributed by atoms with Gasteiger partial charge in [0.15, 0.2) is 0 Å². The van der Waals surface area contributed by atoms with E-state index in [9.17, 15) is 0 Å². The van der Waals surface area contributed by atoms with Crippen LogP contribution in [0.25, 0.3) is 23.1 Å². The summed E-state index contributed by atoms with van der Waals surface area (Å²) in [5, 5.41) is 1.27. The lowest BCUT2D eigenvalue weighted by atomic mass is 10.1. The van der Waals surface area contributed by atoms with Crippen molar-refractivity contribution in [2.24, 2.45) is 0 Å². The van der Waals surface area contributed by atoms with E-state index in [4.69, 9.17) is 0 Å². The Morgan fingerprint density at radius 1 is 0.833 bits per heavy atom. The number of hydrogen-bond acceptors (Lipinski definition) is 0. The van der Waals surface area contributed by atoms with Crippen LogP contribution in [-0.4, -0.2) is 4.98 Å². The minimum atomic E-state index is 1.18. The average Bonchev–Trinajstić information content (AvgIpc) is 2.81. The largest absolute Gasteiger partial charge is 0.361 e. The van der Waals surface area contributed by atoms with Crippen LogP contribution in [0.15, 0.2) is 54.7 Å². The molecule has 0 atom stereocenters. The van der Waals surface area contributed by atoms with E-state index in [1.807, 2.05) is 6.07 Å². The second-order valence-corrected chi connectivity index (χ2v) is 4.48. The van der Waals surface area contributed by atoms with Gasteiger partial charge in [-0.3, -0.25) is 0 Å². The van der Waals surface area contributed by atoms with Gasteiger partial charge in [-0.25, -0.2) is 0 Å². The number of aromatic nitrogens is 1. The second kappa shape index (κ2) is 4.53. The Labute approximate surface area is 107 Å². The van der Waals surface area contributed by atoms with Crippen molar-refractivity contribution in [1.29, 1.82) is 0 Å². The fourth-order valence-corrected chi connectivity index (χ4v) is 2.19. The third-order valence-corrected chi connectivity index (χ3v) is 3.25. The summed E-state index contributed by atoms with van der Waals surface area (Å²) in [6, 6.07) is 16.8. The first-order valence-corrected chi connectivity index (χ1v) is 6.14. The molecule has 2 aromatic carbocycles. The van der Waals surface area contributed by atoms with Crippen molar-refractivity contribution in [3.8, 4) is 0 Å². The molecule has 0 spiro atoms. The zero-order chi connectivity index (χ0) is 12.4. The molecule has 1 heterocycles. The van der Waals surface area contributed by atoms with E-state index in [1.165, 1.54) is 27.6 Å². The summed E-state index contributed by atoms with van der Waals surface area (Å²) >= 11 is 0. The molecule has 88 valence electrons. The van der Waals surface area contributed by atoms with Crippen molar-refractivity contribution in [3.05, 3.63) is 71.4 Å². The molecule has 1 aromatic heterocycles. The number of benzene rings is 2. The van der Waals surface area contributed by atoms with Crippen molar-refractivity contribution in [2.45, 2.75) is 6.92 Å². The molecule has 0 radical (unpaired) electrons. The Morgan fingerprint density at radius 2 is 1.56 bits per heavy atom. The fourth-order valence-electron chi connectivity index (χ4n) is 2.19. The molecule has 0 amide bonds. The summed E-state index contributed by atoms with van der Waals surface area (Å²) in [7, 11) is 0. The van der Waals surface area contributed by atoms with Crippen LogP contribution in [0.5, 0.6) is 0 Å². The van der Waals surface area contributed by atoms with E-state index >= 15 is 0 Å². The van der Waals surface area contributed by atoms with Crippen LogP contribution >= 0.6 is 0 Å². The maximum absolute atomic E-state index is 3.29. The van der Waals surface area contributed by atoms with E-state index in [0.717, 1.165) is 0 Å². The van der Waals surface area contributed by atoms with Gasteiger partial charge in [0.05, 0.1) is 0 Å². The van der Waals surface area contributed by atoms with Crippen molar-refractivity contribution in [3.63, 3.8) is 0 Å². The summed E-state index contributed by atoms with van der Waals surface area (Å²) in [4.78, 5) is 3.29. The average molecular weight is 233 g/mol. The van der Waals surface area contributed by atoms with Crippen LogP contribution < -0.4 is 0 Å². The Hall–Kier alpha value is -2.28. The lowest BCUT2D eigenvalue weighted by molar-refractivity contribution is 1.44. The van der Waals surface area contributed by atoms with Crippen LogP contribution in [-0.2, 0) is 0 Å². The molecule has 18 heavy (non-hydrogen) atoms. The van der Waals surface area contributed by atoms with Crippen molar-refractivity contribution in [1.82, 2.24) is 4.98 Å². The van der Waals surface area contributed by atoms with Gasteiger partial charge in [-0.05, 0) is 29.7 Å². The molecular weight excluding hydrogens is 218 g/mol. The lowest BCUT2D eigenvalue weighted by Crippen LogP contribution is -1.77. The number of aryl methyl sites for hydroxylation is 1. The quantitative estimate of drug-likeness (QED) is 0.663. The number of para-hydroxylation sites is 1. The zero-order valence-corrected chi connectivity index (χ0v) is 10.4. The van der Waals surface area contributed by atoms with Gasteiger partial charge in [-0.15, -0.1) is 0 Å². The predicted molar refractivity (Wildman–Crippen MR) is 78.4 cm³/mol. The molecule has 0 aliphatic rings. The monoisotopic (exact) mass is 233 g/mol. The summed E-state index contributed by atoms with van der Waals surface area (Å²) in [5.41, 5.74) is 4.98. The highest BCUT2D eigenvalue weighted by Crippen LogP contribution is 2.20. The number of hydrogen-bond donors (Lipinski definition) is 1. The van der Waals surface area contributed by atoms with E-state index in [2.05, 4.69) is 72.7 Å². The maximum Gasteiger partial charge on any atom is 0.0460 e. The van der Waals surface area contributed by atoms with Gasteiger partial charge < -0.3 is 4.98 Å². The minimum Gasteiger partial charge on any atom is -0.361 e. The number of rotatable bonds is 2. The molecule has 3 rings (SSSR count). The maximum atomic E-state index is 3.29. The highest BCUT2D eigenvalue weighted by molar-refractivity contribution is 5.91. The Balaban J connectivity index is 2.00. The molecule has 0 aliphatic carbocycles. The zero-order valence-electron chi connectivity index (χ0n) is 10.4. The molecule has 0 unspecified atom stereocenters. The molecule has 1 nitrogen and oxygen atoms in total. The standard InChI is InChI=1S/C17H15N/c1-13-6-2-3-7-14(13)10-11-15-12-18-17-9-5-4-8-16(15)17/h2-12,18H,1H3. The normalized spacial score (nSPS) is 11.4. The van der Waals surface area contributed by atoms with Crippen LogP contribution in [0.3, 0.4) is 0 Å². The number of fused-ring (bicyclic) bond motifs is 1. The molecule has 3 aromatic rings. The van der Waals surface area contributed by atoms with Crippen LogP contribution in [0.2, 0.25) is 0 Å². The summed E-state index contributed by atoms with van der Waals surface area (Å²) in [6.07, 6.45) is 6.39. The van der Waals surface area contributed by atoms with E-state index in [-0.39, 0.29) is 0 Å². The molecule has 0 bridgehead atoms. The molecule has 0 saturated carbocycles. The van der Waals surface area contributed by atoms with Gasteiger partial charge in [-0.2, -0.15) is 0 Å². The number of H-pyrrole nitrogens is 1. The van der Waals surface area contributed by atoms with Gasteiger partial charge in [0.25, 0.3) is 0 Å². The van der Waals surface area contributed by atoms with Crippen LogP contribution in [0.1, 0.15) is 16.7 Å². The first-order chi connectivity index (χ1) is 8.84. The van der Waals surface area contributed by atoms with Gasteiger partial charge >= 0.3 is 0 Å². The van der Waals surface area contributed by atoms with Crippen LogP contribution in [0, 0.1) is 6.92 Å².